The zero-order valence-corrected chi connectivity index (χ0v) is 17.2. The van der Waals surface area contributed by atoms with Crippen molar-refractivity contribution in [2.24, 2.45) is 0 Å². The number of para-hydroxylation sites is 1. The number of furan rings is 1. The summed E-state index contributed by atoms with van der Waals surface area (Å²) in [6.45, 7) is 0.0277. The Kier molecular flexibility index (Phi) is 4.74. The summed E-state index contributed by atoms with van der Waals surface area (Å²) in [6, 6.07) is 17.8. The van der Waals surface area contributed by atoms with E-state index in [9.17, 15) is 14.4 Å². The largest absolute Gasteiger partial charge is 0.495 e. The van der Waals surface area contributed by atoms with Crippen LogP contribution in [0.3, 0.4) is 0 Å². The molecule has 0 saturated heterocycles. The van der Waals surface area contributed by atoms with Crippen LogP contribution in [0.5, 0.6) is 5.75 Å². The van der Waals surface area contributed by atoms with Crippen molar-refractivity contribution in [2.45, 2.75) is 13.0 Å². The zero-order valence-electron chi connectivity index (χ0n) is 17.2. The number of benzene rings is 3. The standard InChI is InChI=1S/C24H19N3O5/c1-31-21-12-17-14-6-4-5-9-19(14)32-20(17)13-18(21)25-22(28)10-11-27-24(30)16-8-3-2-7-15(16)23(29)26-27/h2-9,12-13H,10-11H2,1H3,(H,25,28)(H,26,29). The number of H-pyrrole nitrogens is 1. The molecule has 0 unspecified atom stereocenters. The number of aromatic amines is 1. The number of fused-ring (bicyclic) bond motifs is 4. The predicted molar refractivity (Wildman–Crippen MR) is 122 cm³/mol. The molecule has 32 heavy (non-hydrogen) atoms. The quantitative estimate of drug-likeness (QED) is 0.444. The number of methoxy groups -OCH3 is 1. The molecule has 160 valence electrons. The molecule has 0 saturated carbocycles. The van der Waals surface area contributed by atoms with E-state index in [-0.39, 0.29) is 30.0 Å². The molecule has 2 N–H and O–H groups in total. The summed E-state index contributed by atoms with van der Waals surface area (Å²) in [5, 5.41) is 7.81. The average molecular weight is 429 g/mol. The lowest BCUT2D eigenvalue weighted by atomic mass is 10.1. The molecule has 0 aliphatic heterocycles. The number of hydrogen-bond acceptors (Lipinski definition) is 5. The van der Waals surface area contributed by atoms with Gasteiger partial charge in [-0.1, -0.05) is 30.3 Å². The summed E-state index contributed by atoms with van der Waals surface area (Å²) >= 11 is 0. The Hall–Kier alpha value is -4.33. The van der Waals surface area contributed by atoms with Gasteiger partial charge in [-0.3, -0.25) is 19.5 Å². The molecule has 2 aromatic heterocycles. The number of anilines is 1. The van der Waals surface area contributed by atoms with Crippen LogP contribution >= 0.6 is 0 Å². The SMILES string of the molecule is COc1cc2c(cc1NC(=O)CCn1[nH]c(=O)c3ccccc3c1=O)oc1ccccc12. The van der Waals surface area contributed by atoms with Crippen LogP contribution < -0.4 is 21.2 Å². The molecule has 5 aromatic rings. The summed E-state index contributed by atoms with van der Waals surface area (Å²) < 4.78 is 12.5. The molecule has 2 heterocycles. The summed E-state index contributed by atoms with van der Waals surface area (Å²) in [4.78, 5) is 37.5. The molecular weight excluding hydrogens is 410 g/mol. The highest BCUT2D eigenvalue weighted by Crippen LogP contribution is 2.36. The molecule has 0 radical (unpaired) electrons. The van der Waals surface area contributed by atoms with Crippen LogP contribution in [0.2, 0.25) is 0 Å². The third-order valence-corrected chi connectivity index (χ3v) is 5.42. The normalized spacial score (nSPS) is 11.3. The summed E-state index contributed by atoms with van der Waals surface area (Å²) in [5.41, 5.74) is 1.10. The first-order valence-corrected chi connectivity index (χ1v) is 10.1. The van der Waals surface area contributed by atoms with Crippen LogP contribution in [0.25, 0.3) is 32.7 Å². The monoisotopic (exact) mass is 429 g/mol. The lowest BCUT2D eigenvalue weighted by molar-refractivity contribution is -0.116. The van der Waals surface area contributed by atoms with Crippen molar-refractivity contribution in [1.29, 1.82) is 0 Å². The van der Waals surface area contributed by atoms with Crippen LogP contribution in [-0.4, -0.2) is 22.8 Å². The minimum atomic E-state index is -0.377. The molecule has 0 atom stereocenters. The Balaban J connectivity index is 1.40. The van der Waals surface area contributed by atoms with Crippen molar-refractivity contribution in [3.63, 3.8) is 0 Å². The number of nitrogens with zero attached hydrogens (tertiary/aromatic N) is 1. The van der Waals surface area contributed by atoms with Crippen molar-refractivity contribution in [2.75, 3.05) is 12.4 Å². The highest BCUT2D eigenvalue weighted by Gasteiger charge is 2.15. The predicted octanol–water partition coefficient (Wildman–Crippen LogP) is 3.63. The van der Waals surface area contributed by atoms with Crippen LogP contribution in [0.1, 0.15) is 6.42 Å². The minimum Gasteiger partial charge on any atom is -0.495 e. The molecule has 0 fully saturated rings. The molecule has 8 heteroatoms. The summed E-state index contributed by atoms with van der Waals surface area (Å²) in [7, 11) is 1.53. The fourth-order valence-electron chi connectivity index (χ4n) is 3.85. The van der Waals surface area contributed by atoms with Crippen LogP contribution in [0.15, 0.2) is 74.7 Å². The van der Waals surface area contributed by atoms with Gasteiger partial charge in [0.15, 0.2) is 0 Å². The fourth-order valence-corrected chi connectivity index (χ4v) is 3.85. The van der Waals surface area contributed by atoms with Crippen molar-refractivity contribution in [3.8, 4) is 5.75 Å². The number of carbonyl (C=O) groups excluding carboxylic acids is 1. The molecular formula is C24H19N3O5. The maximum Gasteiger partial charge on any atom is 0.273 e. The Labute approximate surface area is 181 Å². The van der Waals surface area contributed by atoms with Gasteiger partial charge in [-0.25, -0.2) is 4.68 Å². The van der Waals surface area contributed by atoms with Gasteiger partial charge >= 0.3 is 0 Å². The van der Waals surface area contributed by atoms with Crippen molar-refractivity contribution in [1.82, 2.24) is 9.78 Å². The lowest BCUT2D eigenvalue weighted by Gasteiger charge is -2.11. The van der Waals surface area contributed by atoms with Gasteiger partial charge in [-0.2, -0.15) is 0 Å². The van der Waals surface area contributed by atoms with Crippen molar-refractivity contribution >= 4 is 44.3 Å². The summed E-state index contributed by atoms with van der Waals surface area (Å²) in [5.74, 6) is 0.161. The maximum atomic E-state index is 12.6. The maximum absolute atomic E-state index is 12.6. The first-order chi connectivity index (χ1) is 15.5. The van der Waals surface area contributed by atoms with E-state index in [0.717, 1.165) is 21.0 Å². The van der Waals surface area contributed by atoms with Gasteiger partial charge in [0.25, 0.3) is 11.1 Å². The first kappa shape index (κ1) is 19.6. The average Bonchev–Trinajstić information content (AvgIpc) is 3.17. The van der Waals surface area contributed by atoms with Gasteiger partial charge < -0.3 is 14.5 Å². The van der Waals surface area contributed by atoms with E-state index in [1.807, 2.05) is 30.3 Å². The lowest BCUT2D eigenvalue weighted by Crippen LogP contribution is -2.31. The van der Waals surface area contributed by atoms with Gasteiger partial charge in [0.05, 0.1) is 30.1 Å². The Morgan fingerprint density at radius 1 is 0.969 bits per heavy atom. The second-order valence-electron chi connectivity index (χ2n) is 7.39. The molecule has 8 nitrogen and oxygen atoms in total. The smallest absolute Gasteiger partial charge is 0.273 e. The van der Waals surface area contributed by atoms with E-state index in [2.05, 4.69) is 10.4 Å². The number of rotatable bonds is 5. The summed E-state index contributed by atoms with van der Waals surface area (Å²) in [6.07, 6.45) is -0.0183. The number of hydrogen-bond donors (Lipinski definition) is 2. The molecule has 0 aliphatic carbocycles. The number of amides is 1. The van der Waals surface area contributed by atoms with Crippen LogP contribution in [-0.2, 0) is 11.3 Å². The fraction of sp³-hybridized carbons (Fsp3) is 0.125. The van der Waals surface area contributed by atoms with Crippen molar-refractivity contribution in [3.05, 3.63) is 81.4 Å². The van der Waals surface area contributed by atoms with E-state index in [1.54, 1.807) is 30.3 Å². The molecule has 0 aliphatic rings. The number of aryl methyl sites for hydroxylation is 1. The molecule has 5 rings (SSSR count). The third-order valence-electron chi connectivity index (χ3n) is 5.42. The first-order valence-electron chi connectivity index (χ1n) is 10.1. The molecule has 0 bridgehead atoms. The van der Waals surface area contributed by atoms with Gasteiger partial charge in [0.1, 0.15) is 16.9 Å². The Morgan fingerprint density at radius 3 is 2.47 bits per heavy atom. The second-order valence-corrected chi connectivity index (χ2v) is 7.39. The number of nitrogens with one attached hydrogen (secondary N) is 2. The van der Waals surface area contributed by atoms with Gasteiger partial charge in [0, 0.05) is 23.3 Å². The zero-order chi connectivity index (χ0) is 22.2. The Morgan fingerprint density at radius 2 is 1.69 bits per heavy atom. The second kappa shape index (κ2) is 7.73. The molecule has 0 spiro atoms. The highest BCUT2D eigenvalue weighted by atomic mass is 16.5. The topological polar surface area (TPSA) is 106 Å². The Bertz CT molecular complexity index is 1610. The van der Waals surface area contributed by atoms with E-state index in [4.69, 9.17) is 9.15 Å². The van der Waals surface area contributed by atoms with Gasteiger partial charge in [0.2, 0.25) is 5.91 Å². The van der Waals surface area contributed by atoms with E-state index >= 15 is 0 Å². The van der Waals surface area contributed by atoms with E-state index < -0.39 is 0 Å². The van der Waals surface area contributed by atoms with E-state index in [0.29, 0.717) is 27.8 Å². The highest BCUT2D eigenvalue weighted by molar-refractivity contribution is 6.07. The molecule has 3 aromatic carbocycles. The number of carbonyl (C=O) groups is 1. The van der Waals surface area contributed by atoms with Crippen molar-refractivity contribution < 1.29 is 13.9 Å². The van der Waals surface area contributed by atoms with Gasteiger partial charge in [-0.05, 0) is 24.3 Å². The van der Waals surface area contributed by atoms with E-state index in [1.165, 1.54) is 7.11 Å². The minimum absolute atomic E-state index is 0.0183. The van der Waals surface area contributed by atoms with Gasteiger partial charge in [-0.15, -0.1) is 0 Å². The third kappa shape index (κ3) is 3.31. The number of ether oxygens (including phenoxy) is 1. The van der Waals surface area contributed by atoms with Crippen LogP contribution in [0.4, 0.5) is 5.69 Å². The number of aromatic nitrogens is 2. The molecule has 1 amide bonds. The van der Waals surface area contributed by atoms with Crippen LogP contribution in [0, 0.1) is 0 Å².